The fourth-order valence-electron chi connectivity index (χ4n) is 0.696. The van der Waals surface area contributed by atoms with Crippen LogP contribution >= 0.6 is 11.8 Å². The lowest BCUT2D eigenvalue weighted by atomic mass is 10.4. The first-order valence-corrected chi connectivity index (χ1v) is 3.81. The van der Waals surface area contributed by atoms with Crippen molar-refractivity contribution in [2.24, 2.45) is 0 Å². The molecule has 1 aliphatic heterocycles. The minimum Gasteiger partial charge on any atom is -0.386 e. The molecule has 9 heavy (non-hydrogen) atoms. The average molecular weight is 140 g/mol. The summed E-state index contributed by atoms with van der Waals surface area (Å²) in [7, 11) is 0. The third kappa shape index (κ3) is 1.39. The van der Waals surface area contributed by atoms with Crippen LogP contribution in [-0.4, -0.2) is 12.3 Å². The summed E-state index contributed by atoms with van der Waals surface area (Å²) in [5, 5.41) is 11.6. The first kappa shape index (κ1) is 6.50. The van der Waals surface area contributed by atoms with E-state index in [2.05, 4.69) is 11.4 Å². The van der Waals surface area contributed by atoms with Gasteiger partial charge >= 0.3 is 0 Å². The van der Waals surface area contributed by atoms with Crippen molar-refractivity contribution < 1.29 is 0 Å². The monoisotopic (exact) mass is 140 g/mol. The summed E-state index contributed by atoms with van der Waals surface area (Å²) in [6.07, 6.45) is 0. The minimum absolute atomic E-state index is 0.834. The quantitative estimate of drug-likeness (QED) is 0.547. The van der Waals surface area contributed by atoms with Gasteiger partial charge in [0, 0.05) is 18.0 Å². The van der Waals surface area contributed by atoms with Crippen LogP contribution in [-0.2, 0) is 0 Å². The van der Waals surface area contributed by atoms with Gasteiger partial charge in [-0.1, -0.05) is 0 Å². The predicted molar refractivity (Wildman–Crippen MR) is 38.8 cm³/mol. The van der Waals surface area contributed by atoms with E-state index < -0.39 is 0 Å². The highest BCUT2D eigenvalue weighted by atomic mass is 32.2. The zero-order chi connectivity index (χ0) is 6.69. The molecule has 1 N–H and O–H groups in total. The predicted octanol–water partition coefficient (Wildman–Crippen LogP) is 1.08. The molecule has 0 aromatic rings. The minimum atomic E-state index is 0.834. The van der Waals surface area contributed by atoms with Crippen molar-refractivity contribution in [2.75, 3.05) is 12.3 Å². The summed E-state index contributed by atoms with van der Waals surface area (Å²) >= 11 is 1.63. The number of thioether (sulfide) groups is 1. The summed E-state index contributed by atoms with van der Waals surface area (Å²) in [6.45, 7) is 2.92. The van der Waals surface area contributed by atoms with Crippen molar-refractivity contribution in [1.29, 1.82) is 5.26 Å². The molecular weight excluding hydrogens is 132 g/mol. The molecule has 0 saturated heterocycles. The normalized spacial score (nSPS) is 18.7. The molecule has 3 heteroatoms. The summed E-state index contributed by atoms with van der Waals surface area (Å²) < 4.78 is 0. The Morgan fingerprint density at radius 3 is 3.00 bits per heavy atom. The van der Waals surface area contributed by atoms with E-state index in [0.717, 1.165) is 22.9 Å². The molecule has 1 rings (SSSR count). The Morgan fingerprint density at radius 2 is 2.56 bits per heavy atom. The summed E-state index contributed by atoms with van der Waals surface area (Å²) in [5.41, 5.74) is 1.02. The number of nitrogens with one attached hydrogen (secondary N) is 1. The molecule has 0 bridgehead atoms. The first-order valence-electron chi connectivity index (χ1n) is 2.82. The van der Waals surface area contributed by atoms with E-state index in [9.17, 15) is 0 Å². The van der Waals surface area contributed by atoms with Crippen LogP contribution in [0.15, 0.2) is 10.6 Å². The molecule has 0 aliphatic carbocycles. The van der Waals surface area contributed by atoms with Crippen LogP contribution in [0.2, 0.25) is 0 Å². The van der Waals surface area contributed by atoms with Gasteiger partial charge in [-0.3, -0.25) is 0 Å². The molecule has 0 saturated carbocycles. The van der Waals surface area contributed by atoms with Gasteiger partial charge in [0.1, 0.15) is 11.0 Å². The van der Waals surface area contributed by atoms with Gasteiger partial charge in [-0.05, 0) is 6.92 Å². The topological polar surface area (TPSA) is 35.8 Å². The maximum absolute atomic E-state index is 8.49. The largest absolute Gasteiger partial charge is 0.386 e. The van der Waals surface area contributed by atoms with Gasteiger partial charge in [-0.25, -0.2) is 0 Å². The molecule has 2 nitrogen and oxygen atoms in total. The van der Waals surface area contributed by atoms with Crippen LogP contribution in [0.5, 0.6) is 0 Å². The van der Waals surface area contributed by atoms with Gasteiger partial charge in [0.25, 0.3) is 0 Å². The molecule has 0 aromatic heterocycles. The fourth-order valence-corrected chi connectivity index (χ4v) is 1.46. The third-order valence-electron chi connectivity index (χ3n) is 1.18. The second kappa shape index (κ2) is 2.79. The van der Waals surface area contributed by atoms with E-state index in [1.807, 2.05) is 6.92 Å². The number of nitriles is 1. The van der Waals surface area contributed by atoms with E-state index in [-0.39, 0.29) is 0 Å². The molecule has 0 spiro atoms. The smallest absolute Gasteiger partial charge is 0.108 e. The number of hydrogen-bond donors (Lipinski definition) is 1. The fraction of sp³-hybridized carbons (Fsp3) is 0.500. The summed E-state index contributed by atoms with van der Waals surface area (Å²) in [5.74, 6) is 1.01. The van der Waals surface area contributed by atoms with Gasteiger partial charge in [0.2, 0.25) is 0 Å². The Bertz CT molecular complexity index is 178. The van der Waals surface area contributed by atoms with Crippen molar-refractivity contribution in [3.8, 4) is 6.07 Å². The lowest BCUT2D eigenvalue weighted by molar-refractivity contribution is 0.850. The summed E-state index contributed by atoms with van der Waals surface area (Å²) in [4.78, 5) is 0.834. The average Bonchev–Trinajstić information content (AvgIpc) is 1.89. The van der Waals surface area contributed by atoms with E-state index in [1.165, 1.54) is 0 Å². The van der Waals surface area contributed by atoms with Gasteiger partial charge < -0.3 is 5.32 Å². The highest BCUT2D eigenvalue weighted by Crippen LogP contribution is 2.19. The highest BCUT2D eigenvalue weighted by Gasteiger charge is 2.06. The molecule has 1 heterocycles. The van der Waals surface area contributed by atoms with Crippen molar-refractivity contribution in [3.05, 3.63) is 10.6 Å². The number of rotatable bonds is 0. The van der Waals surface area contributed by atoms with Crippen LogP contribution in [0.25, 0.3) is 0 Å². The van der Waals surface area contributed by atoms with Crippen LogP contribution in [0.1, 0.15) is 6.92 Å². The standard InChI is InChI=1S/C6H8N2S/c1-5-6(4-7)9-3-2-8-5/h8H,2-3H2,1H3. The van der Waals surface area contributed by atoms with E-state index in [4.69, 9.17) is 5.26 Å². The zero-order valence-corrected chi connectivity index (χ0v) is 6.09. The van der Waals surface area contributed by atoms with Crippen molar-refractivity contribution in [3.63, 3.8) is 0 Å². The third-order valence-corrected chi connectivity index (χ3v) is 2.28. The lowest BCUT2D eigenvalue weighted by Gasteiger charge is -2.13. The molecule has 0 amide bonds. The Balaban J connectivity index is 2.74. The number of nitrogens with zero attached hydrogens (tertiary/aromatic N) is 1. The van der Waals surface area contributed by atoms with Crippen LogP contribution in [0, 0.1) is 11.3 Å². The maximum Gasteiger partial charge on any atom is 0.108 e. The molecule has 0 fully saturated rings. The van der Waals surface area contributed by atoms with E-state index in [1.54, 1.807) is 11.8 Å². The Morgan fingerprint density at radius 1 is 1.78 bits per heavy atom. The second-order valence-electron chi connectivity index (χ2n) is 1.84. The van der Waals surface area contributed by atoms with Crippen LogP contribution < -0.4 is 5.32 Å². The molecule has 1 aliphatic rings. The second-order valence-corrected chi connectivity index (χ2v) is 2.95. The number of allylic oxidation sites excluding steroid dienone is 2. The SMILES string of the molecule is CC1=C(C#N)SCCN1. The Kier molecular flexibility index (Phi) is 2.01. The van der Waals surface area contributed by atoms with E-state index >= 15 is 0 Å². The molecule has 48 valence electrons. The first-order chi connectivity index (χ1) is 4.34. The van der Waals surface area contributed by atoms with Gasteiger partial charge in [-0.2, -0.15) is 5.26 Å². The van der Waals surface area contributed by atoms with Crippen LogP contribution in [0.3, 0.4) is 0 Å². The van der Waals surface area contributed by atoms with Gasteiger partial charge in [-0.15, -0.1) is 11.8 Å². The Labute approximate surface area is 58.9 Å². The molecule has 0 unspecified atom stereocenters. The molecule has 0 radical (unpaired) electrons. The Hall–Kier alpha value is -0.620. The lowest BCUT2D eigenvalue weighted by Crippen LogP contribution is -2.19. The van der Waals surface area contributed by atoms with Crippen molar-refractivity contribution in [1.82, 2.24) is 5.32 Å². The van der Waals surface area contributed by atoms with Gasteiger partial charge in [0.15, 0.2) is 0 Å². The van der Waals surface area contributed by atoms with E-state index in [0.29, 0.717) is 0 Å². The highest BCUT2D eigenvalue weighted by molar-refractivity contribution is 8.03. The number of hydrogen-bond acceptors (Lipinski definition) is 3. The summed E-state index contributed by atoms with van der Waals surface area (Å²) in [6, 6.07) is 2.13. The maximum atomic E-state index is 8.49. The van der Waals surface area contributed by atoms with Crippen LogP contribution in [0.4, 0.5) is 0 Å². The molecule has 0 aromatic carbocycles. The van der Waals surface area contributed by atoms with Crippen molar-refractivity contribution in [2.45, 2.75) is 6.92 Å². The zero-order valence-electron chi connectivity index (χ0n) is 5.27. The van der Waals surface area contributed by atoms with Gasteiger partial charge in [0.05, 0.1) is 0 Å². The van der Waals surface area contributed by atoms with Crippen molar-refractivity contribution >= 4 is 11.8 Å². The molecule has 0 atom stereocenters. The molecular formula is C6H8N2S.